The zero-order valence-corrected chi connectivity index (χ0v) is 25.6. The normalized spacial score (nSPS) is 30.0. The lowest BCUT2D eigenvalue weighted by molar-refractivity contribution is -0.391. The number of nitrogens with zero attached hydrogens (tertiary/aromatic N) is 3. The van der Waals surface area contributed by atoms with Crippen molar-refractivity contribution < 1.29 is 39.1 Å². The summed E-state index contributed by atoms with van der Waals surface area (Å²) < 4.78 is 14.0. The Morgan fingerprint density at radius 3 is 2.65 bits per heavy atom. The standard InChI is InChI=1S/C32H41N3O8/c1-18(2)11-13-41-28-26-21-10-9-20(40-6)15-23(21)34-25(14-19(3)17-36)42-43-31(4,5)16-24(27(26)34)35-29(37)22-8-7-12-33(22)30(38)32(28,35)39/h9-11,14-15,22,24-25,28,36,39H,7-8,12-13,16-17H2,1-6H3/b19-14-/t22-,24-,25+,28-,32+/m0/s1. The molecule has 43 heavy (non-hydrogen) atoms. The number of fused-ring (bicyclic) bond motifs is 6. The molecule has 5 heterocycles. The van der Waals surface area contributed by atoms with Crippen LogP contribution in [-0.2, 0) is 24.1 Å². The summed E-state index contributed by atoms with van der Waals surface area (Å²) in [5, 5.41) is 23.4. The van der Waals surface area contributed by atoms with E-state index in [0.717, 1.165) is 11.0 Å². The van der Waals surface area contributed by atoms with Gasteiger partial charge < -0.3 is 29.2 Å². The zero-order chi connectivity index (χ0) is 30.8. The SMILES string of the molecule is COc1ccc2c3c4n(c2c1)[C@@H](/C=C(/C)CO)OOC(C)(C)C[C@@H]4N1C(=O)[C@@H]2CCCN2C(=O)[C@]1(O)[C@H]3OCC=C(C)C. The van der Waals surface area contributed by atoms with Crippen molar-refractivity contribution in [1.82, 2.24) is 14.4 Å². The third-order valence-electron chi connectivity index (χ3n) is 9.01. The minimum Gasteiger partial charge on any atom is -0.497 e. The van der Waals surface area contributed by atoms with Crippen molar-refractivity contribution in [3.05, 3.63) is 52.8 Å². The number of methoxy groups -OCH3 is 1. The van der Waals surface area contributed by atoms with E-state index in [9.17, 15) is 19.8 Å². The van der Waals surface area contributed by atoms with Crippen LogP contribution in [-0.4, -0.2) is 80.6 Å². The van der Waals surface area contributed by atoms with Gasteiger partial charge in [-0.3, -0.25) is 14.5 Å². The van der Waals surface area contributed by atoms with Crippen molar-refractivity contribution in [3.63, 3.8) is 0 Å². The van der Waals surface area contributed by atoms with E-state index in [0.29, 0.717) is 47.5 Å². The minimum atomic E-state index is -2.29. The second-order valence-electron chi connectivity index (χ2n) is 12.9. The summed E-state index contributed by atoms with van der Waals surface area (Å²) in [6.07, 6.45) is 3.04. The molecule has 232 valence electrons. The van der Waals surface area contributed by atoms with Crippen molar-refractivity contribution in [1.29, 1.82) is 0 Å². The molecular formula is C32H41N3O8. The van der Waals surface area contributed by atoms with Gasteiger partial charge in [-0.25, -0.2) is 9.78 Å². The molecule has 1 aromatic heterocycles. The van der Waals surface area contributed by atoms with Crippen LogP contribution >= 0.6 is 0 Å². The zero-order valence-electron chi connectivity index (χ0n) is 25.6. The van der Waals surface area contributed by atoms with E-state index in [1.807, 2.05) is 56.5 Å². The first-order valence-corrected chi connectivity index (χ1v) is 14.9. The number of benzene rings is 1. The third-order valence-corrected chi connectivity index (χ3v) is 9.01. The summed E-state index contributed by atoms with van der Waals surface area (Å²) in [4.78, 5) is 43.8. The fourth-order valence-corrected chi connectivity index (χ4v) is 7.03. The molecule has 1 aromatic carbocycles. The van der Waals surface area contributed by atoms with Gasteiger partial charge in [0.25, 0.3) is 11.6 Å². The first-order valence-electron chi connectivity index (χ1n) is 14.9. The van der Waals surface area contributed by atoms with Crippen molar-refractivity contribution >= 4 is 22.7 Å². The Labute approximate surface area is 251 Å². The van der Waals surface area contributed by atoms with Crippen LogP contribution in [0.25, 0.3) is 10.9 Å². The van der Waals surface area contributed by atoms with Crippen molar-refractivity contribution in [2.45, 2.75) is 89.6 Å². The number of aromatic nitrogens is 1. The van der Waals surface area contributed by atoms with E-state index in [1.54, 1.807) is 20.1 Å². The largest absolute Gasteiger partial charge is 0.497 e. The van der Waals surface area contributed by atoms with Crippen LogP contribution in [0, 0.1) is 0 Å². The fraction of sp³-hybridized carbons (Fsp3) is 0.562. The highest BCUT2D eigenvalue weighted by atomic mass is 17.2. The van der Waals surface area contributed by atoms with Crippen LogP contribution in [0.15, 0.2) is 41.5 Å². The predicted molar refractivity (Wildman–Crippen MR) is 157 cm³/mol. The molecule has 11 nitrogen and oxygen atoms in total. The second kappa shape index (κ2) is 10.7. The molecule has 0 bridgehead atoms. The molecule has 0 saturated carbocycles. The number of hydrogen-bond acceptors (Lipinski definition) is 8. The predicted octanol–water partition coefficient (Wildman–Crippen LogP) is 3.82. The highest BCUT2D eigenvalue weighted by Crippen LogP contribution is 2.56. The Morgan fingerprint density at radius 1 is 1.19 bits per heavy atom. The molecule has 2 aromatic rings. The summed E-state index contributed by atoms with van der Waals surface area (Å²) in [5.74, 6) is -0.246. The first kappa shape index (κ1) is 29.8. The summed E-state index contributed by atoms with van der Waals surface area (Å²) in [5.41, 5.74) is 0.442. The average Bonchev–Trinajstić information content (AvgIpc) is 3.58. The maximum Gasteiger partial charge on any atom is 0.279 e. The third kappa shape index (κ3) is 4.60. The number of aliphatic hydroxyl groups is 2. The molecule has 2 amide bonds. The van der Waals surface area contributed by atoms with Crippen LogP contribution in [0.2, 0.25) is 0 Å². The smallest absolute Gasteiger partial charge is 0.279 e. The Balaban J connectivity index is 1.71. The molecule has 6 rings (SSSR count). The summed E-state index contributed by atoms with van der Waals surface area (Å²) >= 11 is 0. The molecule has 4 aliphatic rings. The molecule has 2 N–H and O–H groups in total. The van der Waals surface area contributed by atoms with Gasteiger partial charge in [-0.05, 0) is 71.2 Å². The van der Waals surface area contributed by atoms with Gasteiger partial charge in [-0.15, -0.1) is 0 Å². The van der Waals surface area contributed by atoms with Gasteiger partial charge in [0.15, 0.2) is 6.23 Å². The number of piperazine rings is 1. The van der Waals surface area contributed by atoms with Gasteiger partial charge in [0.2, 0.25) is 5.91 Å². The lowest BCUT2D eigenvalue weighted by Gasteiger charge is -2.56. The molecule has 2 saturated heterocycles. The van der Waals surface area contributed by atoms with E-state index < -0.39 is 41.6 Å². The maximum atomic E-state index is 14.4. The Bertz CT molecular complexity index is 1520. The Hall–Kier alpha value is -3.22. The number of carbonyl (C=O) groups excluding carboxylic acids is 2. The fourth-order valence-electron chi connectivity index (χ4n) is 7.03. The molecule has 2 fully saturated rings. The first-order chi connectivity index (χ1) is 20.4. The van der Waals surface area contributed by atoms with Crippen molar-refractivity contribution in [2.75, 3.05) is 26.9 Å². The minimum absolute atomic E-state index is 0.124. The van der Waals surface area contributed by atoms with E-state index in [1.165, 1.54) is 9.80 Å². The molecule has 0 radical (unpaired) electrons. The van der Waals surface area contributed by atoms with Crippen LogP contribution in [0.3, 0.4) is 0 Å². The van der Waals surface area contributed by atoms with Crippen LogP contribution < -0.4 is 4.74 Å². The van der Waals surface area contributed by atoms with Crippen LogP contribution in [0.1, 0.15) is 83.5 Å². The van der Waals surface area contributed by atoms with Gasteiger partial charge in [0.1, 0.15) is 23.5 Å². The lowest BCUT2D eigenvalue weighted by Crippen LogP contribution is -2.74. The number of rotatable bonds is 6. The van der Waals surface area contributed by atoms with Gasteiger partial charge in [0.05, 0.1) is 37.6 Å². The summed E-state index contributed by atoms with van der Waals surface area (Å²) in [6, 6.07) is 4.15. The van der Waals surface area contributed by atoms with E-state index >= 15 is 0 Å². The monoisotopic (exact) mass is 595 g/mol. The summed E-state index contributed by atoms with van der Waals surface area (Å²) in [7, 11) is 1.58. The Kier molecular flexibility index (Phi) is 7.45. The molecule has 4 aliphatic heterocycles. The van der Waals surface area contributed by atoms with Gasteiger partial charge in [0, 0.05) is 30.0 Å². The number of carbonyl (C=O) groups is 2. The maximum absolute atomic E-state index is 14.4. The number of amides is 2. The quantitative estimate of drug-likeness (QED) is 0.382. The van der Waals surface area contributed by atoms with Gasteiger partial charge in [-0.1, -0.05) is 11.6 Å². The molecule has 5 atom stereocenters. The highest BCUT2D eigenvalue weighted by molar-refractivity contribution is 6.02. The van der Waals surface area contributed by atoms with Crippen LogP contribution in [0.4, 0.5) is 0 Å². The number of ether oxygens (including phenoxy) is 2. The molecule has 11 heteroatoms. The number of aliphatic hydroxyl groups excluding tert-OH is 1. The topological polar surface area (TPSA) is 123 Å². The highest BCUT2D eigenvalue weighted by Gasteiger charge is 2.67. The lowest BCUT2D eigenvalue weighted by atomic mass is 9.79. The van der Waals surface area contributed by atoms with Crippen LogP contribution in [0.5, 0.6) is 5.75 Å². The van der Waals surface area contributed by atoms with E-state index in [4.69, 9.17) is 19.2 Å². The number of allylic oxidation sites excluding steroid dienone is 1. The molecule has 0 spiro atoms. The average molecular weight is 596 g/mol. The number of hydrogen-bond donors (Lipinski definition) is 2. The summed E-state index contributed by atoms with van der Waals surface area (Å²) in [6.45, 7) is 9.71. The molecular weight excluding hydrogens is 554 g/mol. The van der Waals surface area contributed by atoms with Crippen molar-refractivity contribution in [2.24, 2.45) is 0 Å². The van der Waals surface area contributed by atoms with E-state index in [2.05, 4.69) is 0 Å². The van der Waals surface area contributed by atoms with E-state index in [-0.39, 0.29) is 25.5 Å². The molecule has 0 unspecified atom stereocenters. The van der Waals surface area contributed by atoms with Crippen molar-refractivity contribution in [3.8, 4) is 5.75 Å². The van der Waals surface area contributed by atoms with Gasteiger partial charge in [-0.2, -0.15) is 0 Å². The Morgan fingerprint density at radius 2 is 1.95 bits per heavy atom. The molecule has 0 aliphatic carbocycles. The second-order valence-corrected chi connectivity index (χ2v) is 12.9. The van der Waals surface area contributed by atoms with Gasteiger partial charge >= 0.3 is 0 Å².